The summed E-state index contributed by atoms with van der Waals surface area (Å²) in [6, 6.07) is 7.88. The van der Waals surface area contributed by atoms with Gasteiger partial charge in [0.15, 0.2) is 0 Å². The number of aliphatic carboxylic acids is 1. The Bertz CT molecular complexity index is 921. The molecule has 0 bridgehead atoms. The maximum absolute atomic E-state index is 13.9. The summed E-state index contributed by atoms with van der Waals surface area (Å²) in [6.07, 6.45) is 0.565. The Morgan fingerprint density at radius 2 is 1.93 bits per heavy atom. The fraction of sp³-hybridized carbons (Fsp3) is 0.333. The zero-order chi connectivity index (χ0) is 19.4. The molecule has 9 heteroatoms. The third kappa shape index (κ3) is 3.87. The van der Waals surface area contributed by atoms with E-state index in [0.717, 1.165) is 10.7 Å². The molecule has 0 unspecified atom stereocenters. The summed E-state index contributed by atoms with van der Waals surface area (Å²) in [4.78, 5) is 36.1. The number of hydrogen-bond acceptors (Lipinski definition) is 5. The molecule has 8 nitrogen and oxygen atoms in total. The lowest BCUT2D eigenvalue weighted by Gasteiger charge is -2.33. The number of amides is 1. The van der Waals surface area contributed by atoms with Crippen molar-refractivity contribution < 1.29 is 23.8 Å². The van der Waals surface area contributed by atoms with E-state index in [1.807, 2.05) is 0 Å². The van der Waals surface area contributed by atoms with Gasteiger partial charge in [-0.05, 0) is 31.0 Å². The van der Waals surface area contributed by atoms with E-state index in [4.69, 9.17) is 4.74 Å². The second-order valence-electron chi connectivity index (χ2n) is 6.30. The van der Waals surface area contributed by atoms with Gasteiger partial charge >= 0.3 is 5.97 Å². The minimum atomic E-state index is -1.10. The van der Waals surface area contributed by atoms with Crippen LogP contribution in [0, 0.1) is 11.2 Å². The zero-order valence-corrected chi connectivity index (χ0v) is 14.4. The van der Waals surface area contributed by atoms with Crippen LogP contribution in [-0.4, -0.2) is 46.5 Å². The first-order chi connectivity index (χ1) is 12.9. The summed E-state index contributed by atoms with van der Waals surface area (Å²) in [5.74, 6) is -2.31. The van der Waals surface area contributed by atoms with E-state index >= 15 is 0 Å². The summed E-state index contributed by atoms with van der Waals surface area (Å²) in [5.41, 5.74) is -1.90. The molecular weight excluding hydrogens is 357 g/mol. The predicted molar refractivity (Wildman–Crippen MR) is 92.2 cm³/mol. The van der Waals surface area contributed by atoms with Crippen molar-refractivity contribution >= 4 is 11.9 Å². The highest BCUT2D eigenvalue weighted by atomic mass is 19.1. The lowest BCUT2D eigenvalue weighted by Crippen LogP contribution is -2.46. The average molecular weight is 375 g/mol. The maximum atomic E-state index is 13.9. The molecule has 1 aliphatic rings. The summed E-state index contributed by atoms with van der Waals surface area (Å²) < 4.78 is 19.9. The fourth-order valence-corrected chi connectivity index (χ4v) is 2.90. The average Bonchev–Trinajstić information content (AvgIpc) is 2.68. The molecule has 0 radical (unpaired) electrons. The van der Waals surface area contributed by atoms with Crippen molar-refractivity contribution in [3.05, 3.63) is 58.3 Å². The number of carbonyl (C=O) groups is 2. The van der Waals surface area contributed by atoms with Crippen LogP contribution in [0.15, 0.2) is 41.2 Å². The molecule has 27 heavy (non-hydrogen) atoms. The van der Waals surface area contributed by atoms with E-state index in [1.54, 1.807) is 6.07 Å². The van der Waals surface area contributed by atoms with Gasteiger partial charge in [-0.25, -0.2) is 4.39 Å². The van der Waals surface area contributed by atoms with Crippen LogP contribution >= 0.6 is 0 Å². The first kappa shape index (κ1) is 18.7. The number of rotatable bonds is 5. The van der Waals surface area contributed by atoms with Gasteiger partial charge in [-0.2, -0.15) is 9.78 Å². The minimum Gasteiger partial charge on any atom is -0.481 e. The molecule has 1 aliphatic heterocycles. The second kappa shape index (κ2) is 7.67. The van der Waals surface area contributed by atoms with Crippen molar-refractivity contribution in [2.75, 3.05) is 19.8 Å². The second-order valence-corrected chi connectivity index (χ2v) is 6.30. The third-order valence-corrected chi connectivity index (χ3v) is 4.60. The van der Waals surface area contributed by atoms with Crippen LogP contribution in [0.2, 0.25) is 0 Å². The van der Waals surface area contributed by atoms with Gasteiger partial charge < -0.3 is 15.2 Å². The molecule has 142 valence electrons. The molecule has 1 aromatic heterocycles. The molecule has 2 heterocycles. The number of nitrogens with zero attached hydrogens (tertiary/aromatic N) is 2. The minimum absolute atomic E-state index is 0.0800. The van der Waals surface area contributed by atoms with Crippen LogP contribution < -0.4 is 10.9 Å². The van der Waals surface area contributed by atoms with Crippen molar-refractivity contribution in [3.8, 4) is 5.69 Å². The largest absolute Gasteiger partial charge is 0.481 e. The quantitative estimate of drug-likeness (QED) is 0.806. The summed E-state index contributed by atoms with van der Waals surface area (Å²) in [7, 11) is 0. The van der Waals surface area contributed by atoms with Crippen LogP contribution in [0.1, 0.15) is 23.3 Å². The normalized spacial score (nSPS) is 15.9. The number of carboxylic acid groups (broad SMARTS) is 1. The molecule has 0 saturated carbocycles. The van der Waals surface area contributed by atoms with E-state index in [0.29, 0.717) is 13.2 Å². The molecule has 2 N–H and O–H groups in total. The van der Waals surface area contributed by atoms with E-state index in [9.17, 15) is 23.9 Å². The molecule has 0 spiro atoms. The smallest absolute Gasteiger partial charge is 0.311 e. The monoisotopic (exact) mass is 375 g/mol. The van der Waals surface area contributed by atoms with Crippen molar-refractivity contribution in [1.29, 1.82) is 0 Å². The molecule has 1 aromatic carbocycles. The Hall–Kier alpha value is -3.07. The lowest BCUT2D eigenvalue weighted by atomic mass is 9.80. The number of hydrogen-bond donors (Lipinski definition) is 2. The zero-order valence-electron chi connectivity index (χ0n) is 14.4. The van der Waals surface area contributed by atoms with Crippen LogP contribution in [0.5, 0.6) is 0 Å². The molecule has 1 amide bonds. The van der Waals surface area contributed by atoms with Crippen LogP contribution in [0.3, 0.4) is 0 Å². The molecule has 0 aliphatic carbocycles. The number of halogens is 1. The number of para-hydroxylation sites is 1. The van der Waals surface area contributed by atoms with Gasteiger partial charge in [0.2, 0.25) is 0 Å². The summed E-state index contributed by atoms with van der Waals surface area (Å²) >= 11 is 0. The Balaban J connectivity index is 1.81. The highest BCUT2D eigenvalue weighted by Crippen LogP contribution is 2.30. The topological polar surface area (TPSA) is 111 Å². The molecule has 0 atom stereocenters. The van der Waals surface area contributed by atoms with Crippen molar-refractivity contribution in [1.82, 2.24) is 15.1 Å². The Labute approximate surface area is 153 Å². The number of ether oxygens (including phenoxy) is 1. The molecule has 1 saturated heterocycles. The van der Waals surface area contributed by atoms with E-state index in [-0.39, 0.29) is 30.8 Å². The number of nitrogens with one attached hydrogen (secondary N) is 1. The van der Waals surface area contributed by atoms with Gasteiger partial charge in [-0.15, -0.1) is 0 Å². The lowest BCUT2D eigenvalue weighted by molar-refractivity contribution is -0.154. The van der Waals surface area contributed by atoms with E-state index in [2.05, 4.69) is 10.4 Å². The molecule has 2 aromatic rings. The molecule has 3 rings (SSSR count). The number of benzene rings is 1. The first-order valence-electron chi connectivity index (χ1n) is 8.38. The third-order valence-electron chi connectivity index (χ3n) is 4.60. The first-order valence-corrected chi connectivity index (χ1v) is 8.38. The highest BCUT2D eigenvalue weighted by Gasteiger charge is 2.40. The van der Waals surface area contributed by atoms with Gasteiger partial charge in [0.05, 0.1) is 5.41 Å². The summed E-state index contributed by atoms with van der Waals surface area (Å²) in [5, 5.41) is 16.0. The Kier molecular flexibility index (Phi) is 5.31. The van der Waals surface area contributed by atoms with Crippen LogP contribution in [0.25, 0.3) is 5.69 Å². The molecule has 1 fully saturated rings. The van der Waals surface area contributed by atoms with Crippen molar-refractivity contribution in [3.63, 3.8) is 0 Å². The predicted octanol–water partition coefficient (Wildman–Crippen LogP) is 0.983. The number of aromatic nitrogens is 2. The van der Waals surface area contributed by atoms with Gasteiger partial charge in [0, 0.05) is 25.8 Å². The van der Waals surface area contributed by atoms with Crippen LogP contribution in [-0.2, 0) is 9.53 Å². The standard InChI is InChI=1S/C18H18FN3O5/c19-12-3-1-2-4-14(12)22-15(23)6-5-13(21-22)16(24)20-11-18(17(25)26)7-9-27-10-8-18/h1-6H,7-11H2,(H,20,24)(H,25,26). The van der Waals surface area contributed by atoms with Crippen molar-refractivity contribution in [2.24, 2.45) is 5.41 Å². The van der Waals surface area contributed by atoms with E-state index < -0.39 is 28.7 Å². The Morgan fingerprint density at radius 3 is 2.59 bits per heavy atom. The fourth-order valence-electron chi connectivity index (χ4n) is 2.90. The van der Waals surface area contributed by atoms with E-state index in [1.165, 1.54) is 24.3 Å². The van der Waals surface area contributed by atoms with Gasteiger partial charge in [-0.3, -0.25) is 14.4 Å². The summed E-state index contributed by atoms with van der Waals surface area (Å²) in [6.45, 7) is 0.516. The van der Waals surface area contributed by atoms with Gasteiger partial charge in [0.25, 0.3) is 11.5 Å². The SMILES string of the molecule is O=C(NCC1(C(=O)O)CCOCC1)c1ccc(=O)n(-c2ccccc2F)n1. The number of carbonyl (C=O) groups excluding carboxylic acids is 1. The van der Waals surface area contributed by atoms with Crippen LogP contribution in [0.4, 0.5) is 4.39 Å². The highest BCUT2D eigenvalue weighted by molar-refractivity contribution is 5.92. The number of carboxylic acids is 1. The molecular formula is C18H18FN3O5. The van der Waals surface area contributed by atoms with Crippen molar-refractivity contribution in [2.45, 2.75) is 12.8 Å². The maximum Gasteiger partial charge on any atom is 0.311 e. The van der Waals surface area contributed by atoms with Gasteiger partial charge in [-0.1, -0.05) is 12.1 Å². The Morgan fingerprint density at radius 1 is 1.22 bits per heavy atom. The van der Waals surface area contributed by atoms with Gasteiger partial charge in [0.1, 0.15) is 17.2 Å².